The van der Waals surface area contributed by atoms with Crippen molar-refractivity contribution < 1.29 is 0 Å². The molecular weight excluding hydrogens is 154 g/mol. The Morgan fingerprint density at radius 2 is 2.08 bits per heavy atom. The van der Waals surface area contributed by atoms with Crippen LogP contribution in [0.2, 0.25) is 0 Å². The van der Waals surface area contributed by atoms with E-state index in [9.17, 15) is 4.79 Å². The molecule has 2 N–H and O–H groups in total. The first-order valence-corrected chi connectivity index (χ1v) is 4.11. The second kappa shape index (κ2) is 3.05. The lowest BCUT2D eigenvalue weighted by molar-refractivity contribution is 0.483. The molecule has 0 aliphatic rings. The third-order valence-corrected chi connectivity index (χ3v) is 2.10. The molecule has 0 unspecified atom stereocenters. The van der Waals surface area contributed by atoms with Gasteiger partial charge >= 0.3 is 0 Å². The third-order valence-electron chi connectivity index (χ3n) is 2.10. The molecule has 1 aromatic heterocycles. The lowest BCUT2D eigenvalue weighted by atomic mass is 10.4. The molecule has 0 aliphatic carbocycles. The molecule has 0 spiro atoms. The van der Waals surface area contributed by atoms with E-state index in [0.717, 1.165) is 18.7 Å². The number of nitrogen functional groups attached to an aromatic ring is 1. The molecule has 0 bridgehead atoms. The molecule has 0 radical (unpaired) electrons. The normalized spacial score (nSPS) is 10.6. The summed E-state index contributed by atoms with van der Waals surface area (Å²) in [5.74, 6) is 0. The average Bonchev–Trinajstić information content (AvgIpc) is 2.23. The van der Waals surface area contributed by atoms with Crippen molar-refractivity contribution >= 4 is 5.69 Å². The van der Waals surface area contributed by atoms with Gasteiger partial charge in [-0.2, -0.15) is 0 Å². The quantitative estimate of drug-likeness (QED) is 0.700. The molecule has 0 saturated carbocycles. The molecule has 0 fully saturated rings. The van der Waals surface area contributed by atoms with Crippen LogP contribution in [0.4, 0.5) is 5.69 Å². The minimum absolute atomic E-state index is 0.0963. The highest BCUT2D eigenvalue weighted by Gasteiger charge is 2.09. The fourth-order valence-electron chi connectivity index (χ4n) is 1.33. The number of hydrogen-bond donors (Lipinski definition) is 1. The lowest BCUT2D eigenvalue weighted by Crippen LogP contribution is -2.20. The van der Waals surface area contributed by atoms with Crippen LogP contribution in [0, 0.1) is 6.92 Å². The predicted octanol–water partition coefficient (Wildman–Crippen LogP) is 0.487. The van der Waals surface area contributed by atoms with Crippen LogP contribution in [0.3, 0.4) is 0 Å². The van der Waals surface area contributed by atoms with Crippen molar-refractivity contribution in [1.29, 1.82) is 0 Å². The molecule has 1 rings (SSSR count). The van der Waals surface area contributed by atoms with Gasteiger partial charge in [0.2, 0.25) is 0 Å². The number of anilines is 1. The van der Waals surface area contributed by atoms with Crippen LogP contribution in [0.1, 0.15) is 19.0 Å². The zero-order chi connectivity index (χ0) is 9.30. The second-order valence-electron chi connectivity index (χ2n) is 2.95. The Morgan fingerprint density at radius 1 is 1.50 bits per heavy atom. The number of aromatic nitrogens is 2. The van der Waals surface area contributed by atoms with Crippen LogP contribution in [-0.4, -0.2) is 9.36 Å². The topological polar surface area (TPSA) is 52.9 Å². The van der Waals surface area contributed by atoms with Gasteiger partial charge in [-0.15, -0.1) is 0 Å². The fourth-order valence-corrected chi connectivity index (χ4v) is 1.33. The zero-order valence-corrected chi connectivity index (χ0v) is 7.79. The molecule has 1 heterocycles. The van der Waals surface area contributed by atoms with Gasteiger partial charge in [-0.3, -0.25) is 14.2 Å². The van der Waals surface area contributed by atoms with Crippen molar-refractivity contribution in [2.75, 3.05) is 5.73 Å². The van der Waals surface area contributed by atoms with Crippen molar-refractivity contribution in [1.82, 2.24) is 9.36 Å². The van der Waals surface area contributed by atoms with Crippen LogP contribution in [-0.2, 0) is 13.6 Å². The van der Waals surface area contributed by atoms with Gasteiger partial charge in [0.25, 0.3) is 5.56 Å². The maximum Gasteiger partial charge on any atom is 0.289 e. The standard InChI is InChI=1S/C8H15N3O/c1-4-5-11-6(2)7(9)8(12)10(11)3/h4-5,9H2,1-3H3. The Hall–Kier alpha value is -1.19. The van der Waals surface area contributed by atoms with Crippen LogP contribution >= 0.6 is 0 Å². The van der Waals surface area contributed by atoms with Crippen LogP contribution < -0.4 is 11.3 Å². The number of nitrogens with two attached hydrogens (primary N) is 1. The van der Waals surface area contributed by atoms with Gasteiger partial charge in [0.05, 0.1) is 5.69 Å². The molecule has 0 amide bonds. The lowest BCUT2D eigenvalue weighted by Gasteiger charge is -2.06. The van der Waals surface area contributed by atoms with Crippen molar-refractivity contribution in [2.24, 2.45) is 7.05 Å². The molecular formula is C8H15N3O. The molecule has 68 valence electrons. The van der Waals surface area contributed by atoms with E-state index in [1.165, 1.54) is 0 Å². The Bertz CT molecular complexity index is 335. The minimum Gasteiger partial charge on any atom is -0.393 e. The molecule has 4 heteroatoms. The van der Waals surface area contributed by atoms with E-state index in [2.05, 4.69) is 6.92 Å². The van der Waals surface area contributed by atoms with Crippen LogP contribution in [0.25, 0.3) is 0 Å². The van der Waals surface area contributed by atoms with Crippen molar-refractivity contribution in [3.63, 3.8) is 0 Å². The summed E-state index contributed by atoms with van der Waals surface area (Å²) in [6.45, 7) is 4.78. The monoisotopic (exact) mass is 169 g/mol. The van der Waals surface area contributed by atoms with Gasteiger partial charge in [0, 0.05) is 13.6 Å². The molecule has 0 saturated heterocycles. The Balaban J connectivity index is 3.28. The minimum atomic E-state index is -0.0963. The highest BCUT2D eigenvalue weighted by Crippen LogP contribution is 2.05. The maximum absolute atomic E-state index is 11.3. The molecule has 1 aromatic rings. The SMILES string of the molecule is CCCn1c(C)c(N)c(=O)n1C. The third kappa shape index (κ3) is 1.13. The van der Waals surface area contributed by atoms with Gasteiger partial charge in [-0.25, -0.2) is 0 Å². The van der Waals surface area contributed by atoms with Crippen molar-refractivity contribution in [3.8, 4) is 0 Å². The first-order valence-electron chi connectivity index (χ1n) is 4.11. The van der Waals surface area contributed by atoms with Gasteiger partial charge < -0.3 is 5.73 Å². The summed E-state index contributed by atoms with van der Waals surface area (Å²) in [6, 6.07) is 0. The Morgan fingerprint density at radius 3 is 2.42 bits per heavy atom. The van der Waals surface area contributed by atoms with Gasteiger partial charge in [0.15, 0.2) is 0 Å². The maximum atomic E-state index is 11.3. The number of rotatable bonds is 2. The molecule has 0 atom stereocenters. The zero-order valence-electron chi connectivity index (χ0n) is 7.79. The van der Waals surface area contributed by atoms with Gasteiger partial charge in [-0.05, 0) is 13.3 Å². The van der Waals surface area contributed by atoms with Gasteiger partial charge in [0.1, 0.15) is 5.69 Å². The van der Waals surface area contributed by atoms with E-state index in [-0.39, 0.29) is 5.56 Å². The summed E-state index contributed by atoms with van der Waals surface area (Å²) in [5, 5.41) is 0. The van der Waals surface area contributed by atoms with E-state index in [4.69, 9.17) is 5.73 Å². The highest BCUT2D eigenvalue weighted by atomic mass is 16.1. The van der Waals surface area contributed by atoms with Crippen LogP contribution in [0.15, 0.2) is 4.79 Å². The number of hydrogen-bond acceptors (Lipinski definition) is 2. The van der Waals surface area contributed by atoms with E-state index >= 15 is 0 Å². The number of nitrogens with zero attached hydrogens (tertiary/aromatic N) is 2. The Kier molecular flexibility index (Phi) is 2.26. The molecule has 0 aromatic carbocycles. The molecule has 0 aliphatic heterocycles. The van der Waals surface area contributed by atoms with Crippen molar-refractivity contribution in [3.05, 3.63) is 16.0 Å². The summed E-state index contributed by atoms with van der Waals surface area (Å²) >= 11 is 0. The summed E-state index contributed by atoms with van der Waals surface area (Å²) in [5.41, 5.74) is 6.72. The summed E-state index contributed by atoms with van der Waals surface area (Å²) < 4.78 is 3.46. The summed E-state index contributed by atoms with van der Waals surface area (Å²) in [4.78, 5) is 11.3. The summed E-state index contributed by atoms with van der Waals surface area (Å²) in [7, 11) is 1.74. The van der Waals surface area contributed by atoms with E-state index < -0.39 is 0 Å². The summed E-state index contributed by atoms with van der Waals surface area (Å²) in [6.07, 6.45) is 1.00. The van der Waals surface area contributed by atoms with Gasteiger partial charge in [-0.1, -0.05) is 6.92 Å². The Labute approximate surface area is 71.6 Å². The van der Waals surface area contributed by atoms with Crippen molar-refractivity contribution in [2.45, 2.75) is 26.8 Å². The molecule has 4 nitrogen and oxygen atoms in total. The average molecular weight is 169 g/mol. The van der Waals surface area contributed by atoms with E-state index in [1.807, 2.05) is 11.6 Å². The first kappa shape index (κ1) is 8.90. The van der Waals surface area contributed by atoms with E-state index in [1.54, 1.807) is 11.7 Å². The van der Waals surface area contributed by atoms with E-state index in [0.29, 0.717) is 5.69 Å². The first-order chi connectivity index (χ1) is 5.59. The second-order valence-corrected chi connectivity index (χ2v) is 2.95. The highest BCUT2D eigenvalue weighted by molar-refractivity contribution is 5.40. The predicted molar refractivity (Wildman–Crippen MR) is 49.1 cm³/mol. The smallest absolute Gasteiger partial charge is 0.289 e. The largest absolute Gasteiger partial charge is 0.393 e. The molecule has 12 heavy (non-hydrogen) atoms. The van der Waals surface area contributed by atoms with Crippen LogP contribution in [0.5, 0.6) is 0 Å². The fraction of sp³-hybridized carbons (Fsp3) is 0.625.